The van der Waals surface area contributed by atoms with Crippen LogP contribution < -0.4 is 5.32 Å². The van der Waals surface area contributed by atoms with E-state index < -0.39 is 35.8 Å². The molecule has 0 aromatic heterocycles. The van der Waals surface area contributed by atoms with Gasteiger partial charge in [-0.25, -0.2) is 0 Å². The third-order valence-electron chi connectivity index (χ3n) is 3.19. The SMILES string of the molecule is CC(C)C[C@H](NC(C(=O)O)c1ccc(C(F)(F)F)cc1)C(=O)O. The maximum absolute atomic E-state index is 12.5. The van der Waals surface area contributed by atoms with Crippen LogP contribution in [0.3, 0.4) is 0 Å². The summed E-state index contributed by atoms with van der Waals surface area (Å²) in [5.74, 6) is -2.57. The number of hydrogen-bond donors (Lipinski definition) is 3. The highest BCUT2D eigenvalue weighted by Crippen LogP contribution is 2.30. The van der Waals surface area contributed by atoms with Gasteiger partial charge in [-0.2, -0.15) is 13.2 Å². The number of carboxylic acid groups (broad SMARTS) is 2. The number of benzene rings is 1. The van der Waals surface area contributed by atoms with E-state index in [-0.39, 0.29) is 17.9 Å². The van der Waals surface area contributed by atoms with Gasteiger partial charge in [0, 0.05) is 0 Å². The predicted octanol–water partition coefficient (Wildman–Crippen LogP) is 2.92. The van der Waals surface area contributed by atoms with E-state index in [0.717, 1.165) is 24.3 Å². The second-order valence-electron chi connectivity index (χ2n) is 5.58. The first-order chi connectivity index (χ1) is 10.5. The molecule has 0 aliphatic rings. The lowest BCUT2D eigenvalue weighted by Crippen LogP contribution is -2.42. The van der Waals surface area contributed by atoms with E-state index in [9.17, 15) is 27.9 Å². The molecular weight excluding hydrogens is 315 g/mol. The number of rotatable bonds is 7. The first-order valence-corrected chi connectivity index (χ1v) is 6.91. The Morgan fingerprint density at radius 3 is 1.96 bits per heavy atom. The van der Waals surface area contributed by atoms with Crippen LogP contribution in [0.25, 0.3) is 0 Å². The van der Waals surface area contributed by atoms with Crippen molar-refractivity contribution in [3.8, 4) is 0 Å². The average molecular weight is 333 g/mol. The van der Waals surface area contributed by atoms with Crippen molar-refractivity contribution in [2.24, 2.45) is 5.92 Å². The normalized spacial score (nSPS) is 14.5. The second-order valence-corrected chi connectivity index (χ2v) is 5.58. The molecule has 1 aromatic rings. The minimum Gasteiger partial charge on any atom is -0.480 e. The quantitative estimate of drug-likeness (QED) is 0.714. The fourth-order valence-electron chi connectivity index (χ4n) is 2.09. The fraction of sp³-hybridized carbons (Fsp3) is 0.467. The molecule has 0 saturated carbocycles. The van der Waals surface area contributed by atoms with Crippen LogP contribution >= 0.6 is 0 Å². The summed E-state index contributed by atoms with van der Waals surface area (Å²) in [5, 5.41) is 20.9. The van der Waals surface area contributed by atoms with Crippen molar-refractivity contribution < 1.29 is 33.0 Å². The number of alkyl halides is 3. The summed E-state index contributed by atoms with van der Waals surface area (Å²) < 4.78 is 37.6. The van der Waals surface area contributed by atoms with Gasteiger partial charge >= 0.3 is 18.1 Å². The minimum atomic E-state index is -4.52. The van der Waals surface area contributed by atoms with Crippen molar-refractivity contribution in [3.63, 3.8) is 0 Å². The molecule has 0 aliphatic heterocycles. The third-order valence-corrected chi connectivity index (χ3v) is 3.19. The highest BCUT2D eigenvalue weighted by atomic mass is 19.4. The molecule has 0 amide bonds. The van der Waals surface area contributed by atoms with Crippen LogP contribution in [0.4, 0.5) is 13.2 Å². The van der Waals surface area contributed by atoms with E-state index in [4.69, 9.17) is 5.11 Å². The van der Waals surface area contributed by atoms with E-state index in [1.165, 1.54) is 0 Å². The Morgan fingerprint density at radius 2 is 1.61 bits per heavy atom. The van der Waals surface area contributed by atoms with Crippen LogP contribution in [0.5, 0.6) is 0 Å². The summed E-state index contributed by atoms with van der Waals surface area (Å²) in [4.78, 5) is 22.6. The maximum Gasteiger partial charge on any atom is 0.416 e. The van der Waals surface area contributed by atoms with Gasteiger partial charge in [0.2, 0.25) is 0 Å². The number of carbonyl (C=O) groups is 2. The van der Waals surface area contributed by atoms with Crippen molar-refractivity contribution in [3.05, 3.63) is 35.4 Å². The van der Waals surface area contributed by atoms with Gasteiger partial charge in [-0.15, -0.1) is 0 Å². The Morgan fingerprint density at radius 1 is 1.09 bits per heavy atom. The molecule has 3 N–H and O–H groups in total. The van der Waals surface area contributed by atoms with E-state index in [0.29, 0.717) is 0 Å². The third kappa shape index (κ3) is 5.55. The first-order valence-electron chi connectivity index (χ1n) is 6.91. The molecule has 1 rings (SSSR count). The molecule has 0 radical (unpaired) electrons. The Balaban J connectivity index is 3.02. The number of hydrogen-bond acceptors (Lipinski definition) is 3. The molecule has 23 heavy (non-hydrogen) atoms. The van der Waals surface area contributed by atoms with Gasteiger partial charge in [0.05, 0.1) is 5.56 Å². The van der Waals surface area contributed by atoms with E-state index in [1.54, 1.807) is 13.8 Å². The zero-order chi connectivity index (χ0) is 17.8. The van der Waals surface area contributed by atoms with Gasteiger partial charge in [-0.3, -0.25) is 14.9 Å². The highest BCUT2D eigenvalue weighted by molar-refractivity contribution is 5.78. The molecule has 0 spiro atoms. The molecule has 1 unspecified atom stereocenters. The number of aliphatic carboxylic acids is 2. The van der Waals surface area contributed by atoms with Crippen molar-refractivity contribution in [2.75, 3.05) is 0 Å². The zero-order valence-corrected chi connectivity index (χ0v) is 12.6. The van der Waals surface area contributed by atoms with Crippen LogP contribution in [0.1, 0.15) is 37.4 Å². The van der Waals surface area contributed by atoms with E-state index >= 15 is 0 Å². The number of carboxylic acids is 2. The Hall–Kier alpha value is -2.09. The van der Waals surface area contributed by atoms with Crippen LogP contribution in [-0.2, 0) is 15.8 Å². The number of halogens is 3. The molecule has 128 valence electrons. The molecule has 1 aromatic carbocycles. The molecule has 2 atom stereocenters. The molecule has 0 heterocycles. The summed E-state index contributed by atoms with van der Waals surface area (Å²) >= 11 is 0. The summed E-state index contributed by atoms with van der Waals surface area (Å²) in [6, 6.07) is 1.08. The maximum atomic E-state index is 12.5. The topological polar surface area (TPSA) is 86.6 Å². The molecule has 8 heteroatoms. The molecule has 5 nitrogen and oxygen atoms in total. The second kappa shape index (κ2) is 7.45. The molecular formula is C15H18F3NO4. The molecule has 0 fully saturated rings. The van der Waals surface area contributed by atoms with Crippen molar-refractivity contribution in [1.82, 2.24) is 5.32 Å². The van der Waals surface area contributed by atoms with Crippen LogP contribution in [0.2, 0.25) is 0 Å². The lowest BCUT2D eigenvalue weighted by Gasteiger charge is -2.22. The van der Waals surface area contributed by atoms with E-state index in [2.05, 4.69) is 5.32 Å². The summed E-state index contributed by atoms with van der Waals surface area (Å²) in [6.45, 7) is 3.57. The Bertz CT molecular complexity index is 555. The largest absolute Gasteiger partial charge is 0.480 e. The lowest BCUT2D eigenvalue weighted by atomic mass is 10.00. The van der Waals surface area contributed by atoms with Gasteiger partial charge < -0.3 is 10.2 Å². The monoisotopic (exact) mass is 333 g/mol. The van der Waals surface area contributed by atoms with Crippen molar-refractivity contribution >= 4 is 11.9 Å². The van der Waals surface area contributed by atoms with Crippen LogP contribution in [-0.4, -0.2) is 28.2 Å². The van der Waals surface area contributed by atoms with Gasteiger partial charge in [0.25, 0.3) is 0 Å². The highest BCUT2D eigenvalue weighted by Gasteiger charge is 2.32. The lowest BCUT2D eigenvalue weighted by molar-refractivity contribution is -0.143. The van der Waals surface area contributed by atoms with E-state index in [1.807, 2.05) is 0 Å². The molecule has 0 aliphatic carbocycles. The summed E-state index contributed by atoms with van der Waals surface area (Å²) in [7, 11) is 0. The van der Waals surface area contributed by atoms with Gasteiger partial charge in [0.1, 0.15) is 12.1 Å². The first kappa shape index (κ1) is 19.0. The van der Waals surface area contributed by atoms with Crippen molar-refractivity contribution in [2.45, 2.75) is 38.5 Å². The van der Waals surface area contributed by atoms with Crippen LogP contribution in [0, 0.1) is 5.92 Å². The zero-order valence-electron chi connectivity index (χ0n) is 12.6. The van der Waals surface area contributed by atoms with Crippen molar-refractivity contribution in [1.29, 1.82) is 0 Å². The smallest absolute Gasteiger partial charge is 0.416 e. The summed E-state index contributed by atoms with van der Waals surface area (Å²) in [5.41, 5.74) is -0.845. The molecule has 0 bridgehead atoms. The van der Waals surface area contributed by atoms with Gasteiger partial charge in [0.15, 0.2) is 0 Å². The summed E-state index contributed by atoms with van der Waals surface area (Å²) in [6.07, 6.45) is -4.33. The number of nitrogens with one attached hydrogen (secondary N) is 1. The Labute approximate surface area is 131 Å². The minimum absolute atomic E-state index is 0.00523. The fourth-order valence-corrected chi connectivity index (χ4v) is 2.09. The van der Waals surface area contributed by atoms with Gasteiger partial charge in [-0.1, -0.05) is 26.0 Å². The average Bonchev–Trinajstić information content (AvgIpc) is 2.41. The molecule has 0 saturated heterocycles. The predicted molar refractivity (Wildman–Crippen MR) is 75.8 cm³/mol. The van der Waals surface area contributed by atoms with Crippen LogP contribution in [0.15, 0.2) is 24.3 Å². The Kier molecular flexibility index (Phi) is 6.14. The standard InChI is InChI=1S/C15H18F3NO4/c1-8(2)7-11(13(20)21)19-12(14(22)23)9-3-5-10(6-4-9)15(16,17)18/h3-6,8,11-12,19H,7H2,1-2H3,(H,20,21)(H,22,23)/t11-,12?/m0/s1. The van der Waals surface area contributed by atoms with Gasteiger partial charge in [-0.05, 0) is 30.0 Å².